The second kappa shape index (κ2) is 10.4. The van der Waals surface area contributed by atoms with E-state index in [0.717, 1.165) is 76.3 Å². The second-order valence-electron chi connectivity index (χ2n) is 14.2. The fourth-order valence-corrected chi connectivity index (χ4v) is 10.2. The molecule has 5 fully saturated rings. The van der Waals surface area contributed by atoms with Crippen LogP contribution in [0.5, 0.6) is 0 Å². The van der Waals surface area contributed by atoms with Crippen LogP contribution < -0.4 is 5.63 Å². The third kappa shape index (κ3) is 4.53. The lowest BCUT2D eigenvalue weighted by atomic mass is 9.43. The molecule has 4 aliphatic carbocycles. The number of nitrogens with zero attached hydrogens (tertiary/aromatic N) is 2. The number of carbonyl (C=O) groups is 1. The van der Waals surface area contributed by atoms with Crippen molar-refractivity contribution in [1.29, 1.82) is 0 Å². The van der Waals surface area contributed by atoms with E-state index in [4.69, 9.17) is 9.15 Å². The smallest absolute Gasteiger partial charge is 0.409 e. The lowest BCUT2D eigenvalue weighted by Gasteiger charge is -2.64. The van der Waals surface area contributed by atoms with Crippen LogP contribution in [0.3, 0.4) is 0 Å². The zero-order valence-corrected chi connectivity index (χ0v) is 24.5. The quantitative estimate of drug-likeness (QED) is 0.555. The van der Waals surface area contributed by atoms with Gasteiger partial charge >= 0.3 is 11.7 Å². The third-order valence-corrected chi connectivity index (χ3v) is 12.7. The average molecular weight is 557 g/mol. The fourth-order valence-electron chi connectivity index (χ4n) is 10.2. The molecule has 2 heterocycles. The Morgan fingerprint density at radius 3 is 2.65 bits per heavy atom. The molecule has 0 bridgehead atoms. The SMILES string of the molecule is CN(C(=O)OCCN1CC[C@@H](O)C1)[C@H]1CC[C@@]2(C)[C@H](CC[C@@H]3[C@@H]2CC[C@]2(C)[C@@H](c4ccc(=O)oc4)CC[C@]32O)C1. The van der Waals surface area contributed by atoms with Crippen LogP contribution in [-0.2, 0) is 4.74 Å². The summed E-state index contributed by atoms with van der Waals surface area (Å²) >= 11 is 0. The Morgan fingerprint density at radius 2 is 1.93 bits per heavy atom. The maximum Gasteiger partial charge on any atom is 0.409 e. The average Bonchev–Trinajstić information content (AvgIpc) is 3.47. The molecule has 1 aromatic rings. The van der Waals surface area contributed by atoms with Crippen molar-refractivity contribution in [2.75, 3.05) is 33.3 Å². The van der Waals surface area contributed by atoms with Crippen LogP contribution in [-0.4, -0.2) is 77.1 Å². The minimum atomic E-state index is -0.701. The van der Waals surface area contributed by atoms with E-state index < -0.39 is 5.60 Å². The lowest BCUT2D eigenvalue weighted by Crippen LogP contribution is -2.62. The first-order valence-corrected chi connectivity index (χ1v) is 15.7. The van der Waals surface area contributed by atoms with Crippen molar-refractivity contribution >= 4 is 6.09 Å². The fraction of sp³-hybridized carbons (Fsp3) is 0.812. The van der Waals surface area contributed by atoms with E-state index in [9.17, 15) is 19.8 Å². The minimum Gasteiger partial charge on any atom is -0.448 e. The molecule has 2 N–H and O–H groups in total. The highest BCUT2D eigenvalue weighted by Gasteiger charge is 2.67. The number of amides is 1. The van der Waals surface area contributed by atoms with Crippen LogP contribution in [0.15, 0.2) is 27.6 Å². The molecule has 0 radical (unpaired) electrons. The first kappa shape index (κ1) is 28.2. The number of fused-ring (bicyclic) bond motifs is 5. The maximum absolute atomic E-state index is 12.9. The Labute approximate surface area is 238 Å². The van der Waals surface area contributed by atoms with Crippen molar-refractivity contribution in [3.05, 3.63) is 34.4 Å². The van der Waals surface area contributed by atoms with Crippen molar-refractivity contribution in [3.8, 4) is 0 Å². The van der Waals surface area contributed by atoms with Crippen molar-refractivity contribution in [3.63, 3.8) is 0 Å². The van der Waals surface area contributed by atoms with E-state index in [2.05, 4.69) is 18.7 Å². The van der Waals surface area contributed by atoms with Crippen LogP contribution in [0.1, 0.15) is 89.5 Å². The van der Waals surface area contributed by atoms with E-state index in [1.165, 1.54) is 6.07 Å². The normalized spacial score (nSPS) is 43.0. The summed E-state index contributed by atoms with van der Waals surface area (Å²) in [5, 5.41) is 22.2. The number of aliphatic hydroxyl groups excluding tert-OH is 1. The van der Waals surface area contributed by atoms with E-state index in [-0.39, 0.29) is 46.5 Å². The van der Waals surface area contributed by atoms with Gasteiger partial charge in [-0.15, -0.1) is 0 Å². The van der Waals surface area contributed by atoms with Gasteiger partial charge in [0.05, 0.1) is 18.0 Å². The van der Waals surface area contributed by atoms with Crippen molar-refractivity contribution in [2.45, 2.75) is 102 Å². The summed E-state index contributed by atoms with van der Waals surface area (Å²) in [7, 11) is 1.89. The molecule has 0 spiro atoms. The summed E-state index contributed by atoms with van der Waals surface area (Å²) in [6.45, 7) is 7.31. The second-order valence-corrected chi connectivity index (χ2v) is 14.2. The molecule has 9 atom stereocenters. The number of aliphatic hydroxyl groups is 2. The number of likely N-dealkylation sites (tertiary alicyclic amines) is 1. The number of hydrogen-bond donors (Lipinski definition) is 2. The third-order valence-electron chi connectivity index (χ3n) is 12.7. The molecule has 1 amide bonds. The molecule has 1 aromatic heterocycles. The van der Waals surface area contributed by atoms with Gasteiger partial charge in [-0.1, -0.05) is 13.8 Å². The van der Waals surface area contributed by atoms with Gasteiger partial charge in [-0.2, -0.15) is 0 Å². The number of hydrogen-bond acceptors (Lipinski definition) is 7. The molecule has 4 saturated carbocycles. The molecule has 0 aromatic carbocycles. The van der Waals surface area contributed by atoms with Gasteiger partial charge in [-0.25, -0.2) is 9.59 Å². The standard InChI is InChI=1S/C32H48N2O6/c1-30-12-8-23(33(3)29(37)39-17-16-34-15-11-24(35)19-34)18-22(30)5-6-27-26(30)9-13-31(2)25(10-14-32(27,31)38)21-4-7-28(36)40-20-21/h4,7,20,22-27,35,38H,5-6,8-19H2,1-3H3/t22-,23+,24-,25-,26+,27-,30+,31-,32+/m1/s1. The van der Waals surface area contributed by atoms with E-state index in [1.54, 1.807) is 6.26 Å². The Kier molecular flexibility index (Phi) is 7.36. The minimum absolute atomic E-state index is 0.176. The Bertz CT molecular complexity index is 1140. The van der Waals surface area contributed by atoms with Gasteiger partial charge in [0.2, 0.25) is 0 Å². The molecule has 5 aliphatic rings. The van der Waals surface area contributed by atoms with Crippen LogP contribution in [0, 0.1) is 28.6 Å². The maximum atomic E-state index is 12.9. The zero-order chi connectivity index (χ0) is 28.3. The van der Waals surface area contributed by atoms with Crippen LogP contribution in [0.4, 0.5) is 4.79 Å². The van der Waals surface area contributed by atoms with Gasteiger partial charge in [0.15, 0.2) is 0 Å². The topological polar surface area (TPSA) is 103 Å². The first-order chi connectivity index (χ1) is 19.0. The molecule has 40 heavy (non-hydrogen) atoms. The van der Waals surface area contributed by atoms with Crippen LogP contribution in [0.2, 0.25) is 0 Å². The summed E-state index contributed by atoms with van der Waals surface area (Å²) in [5.41, 5.74) is -0.0199. The first-order valence-electron chi connectivity index (χ1n) is 15.7. The largest absolute Gasteiger partial charge is 0.448 e. The van der Waals surface area contributed by atoms with E-state index >= 15 is 0 Å². The molecule has 6 rings (SSSR count). The number of β-amino-alcohol motifs (C(OH)–C–C–N with tert-alkyl or cyclic N) is 1. The Hall–Kier alpha value is -1.90. The molecule has 1 aliphatic heterocycles. The monoisotopic (exact) mass is 556 g/mol. The Morgan fingerprint density at radius 1 is 1.10 bits per heavy atom. The number of ether oxygens (including phenoxy) is 1. The highest BCUT2D eigenvalue weighted by atomic mass is 16.6. The molecular weight excluding hydrogens is 508 g/mol. The zero-order valence-electron chi connectivity index (χ0n) is 24.5. The molecule has 8 heteroatoms. The summed E-state index contributed by atoms with van der Waals surface area (Å²) in [5.74, 6) is 1.53. The van der Waals surface area contributed by atoms with Gasteiger partial charge in [0.1, 0.15) is 6.61 Å². The van der Waals surface area contributed by atoms with Crippen LogP contribution >= 0.6 is 0 Å². The van der Waals surface area contributed by atoms with Gasteiger partial charge in [-0.05, 0) is 105 Å². The van der Waals surface area contributed by atoms with E-state index in [0.29, 0.717) is 31.5 Å². The highest BCUT2D eigenvalue weighted by Crippen LogP contribution is 2.70. The summed E-state index contributed by atoms with van der Waals surface area (Å²) in [4.78, 5) is 28.4. The number of rotatable bonds is 5. The van der Waals surface area contributed by atoms with E-state index in [1.807, 2.05) is 18.0 Å². The van der Waals surface area contributed by atoms with Gasteiger partial charge in [-0.3, -0.25) is 4.90 Å². The molecule has 222 valence electrons. The predicted octanol–water partition coefficient (Wildman–Crippen LogP) is 4.38. The Balaban J connectivity index is 1.10. The van der Waals surface area contributed by atoms with Crippen molar-refractivity contribution in [2.24, 2.45) is 28.6 Å². The highest BCUT2D eigenvalue weighted by molar-refractivity contribution is 5.67. The van der Waals surface area contributed by atoms with Crippen LogP contribution in [0.25, 0.3) is 0 Å². The molecule has 0 unspecified atom stereocenters. The van der Waals surface area contributed by atoms with Crippen molar-refractivity contribution in [1.82, 2.24) is 9.80 Å². The summed E-state index contributed by atoms with van der Waals surface area (Å²) < 4.78 is 10.9. The summed E-state index contributed by atoms with van der Waals surface area (Å²) in [6, 6.07) is 3.60. The molecular formula is C32H48N2O6. The summed E-state index contributed by atoms with van der Waals surface area (Å²) in [6.07, 6.45) is 11.0. The van der Waals surface area contributed by atoms with Gasteiger partial charge < -0.3 is 24.3 Å². The number of carbonyl (C=O) groups excluding carboxylic acids is 1. The van der Waals surface area contributed by atoms with Crippen molar-refractivity contribution < 1.29 is 24.2 Å². The molecule has 1 saturated heterocycles. The lowest BCUT2D eigenvalue weighted by molar-refractivity contribution is -0.203. The van der Waals surface area contributed by atoms with Gasteiger partial charge in [0.25, 0.3) is 0 Å². The van der Waals surface area contributed by atoms with Gasteiger partial charge in [0, 0.05) is 44.2 Å². The molecule has 8 nitrogen and oxygen atoms in total. The predicted molar refractivity (Wildman–Crippen MR) is 151 cm³/mol.